The molecule has 0 spiro atoms. The molecule has 0 radical (unpaired) electrons. The number of hydrogen-bond acceptors (Lipinski definition) is 8. The molecule has 3 aromatic carbocycles. The monoisotopic (exact) mass is 688 g/mol. The number of amides is 2. The van der Waals surface area contributed by atoms with Gasteiger partial charge in [0, 0.05) is 29.9 Å². The Morgan fingerprint density at radius 3 is 2.28 bits per heavy atom. The molecule has 1 aliphatic rings. The van der Waals surface area contributed by atoms with Crippen LogP contribution in [0, 0.1) is 0 Å². The Bertz CT molecular complexity index is 1990. The zero-order chi connectivity index (χ0) is 33.8. The van der Waals surface area contributed by atoms with E-state index in [1.165, 1.54) is 12.1 Å². The lowest BCUT2D eigenvalue weighted by Crippen LogP contribution is -2.31. The molecular formula is C30H33ClN6O7S2. The lowest BCUT2D eigenvalue weighted by Gasteiger charge is -2.20. The third-order valence-electron chi connectivity index (χ3n) is 6.85. The van der Waals surface area contributed by atoms with Crippen LogP contribution < -0.4 is 15.8 Å². The predicted octanol–water partition coefficient (Wildman–Crippen LogP) is 2.99. The molecule has 0 bridgehead atoms. The fourth-order valence-electron chi connectivity index (χ4n) is 4.80. The zero-order valence-corrected chi connectivity index (χ0v) is 27.6. The summed E-state index contributed by atoms with van der Waals surface area (Å²) in [6.07, 6.45) is 1.92. The van der Waals surface area contributed by atoms with Crippen molar-refractivity contribution in [1.29, 1.82) is 0 Å². The predicted molar refractivity (Wildman–Crippen MR) is 176 cm³/mol. The summed E-state index contributed by atoms with van der Waals surface area (Å²) in [5.74, 6) is -1.01. The van der Waals surface area contributed by atoms with Gasteiger partial charge in [0.15, 0.2) is 5.69 Å². The smallest absolute Gasteiger partial charge is 0.269 e. The summed E-state index contributed by atoms with van der Waals surface area (Å²) in [6, 6.07) is 18.6. The first-order chi connectivity index (χ1) is 21.5. The molecule has 0 atom stereocenters. The Morgan fingerprint density at radius 1 is 1.02 bits per heavy atom. The van der Waals surface area contributed by atoms with Crippen LogP contribution in [0.15, 0.2) is 71.6 Å². The van der Waals surface area contributed by atoms with Crippen molar-refractivity contribution in [3.63, 3.8) is 0 Å². The molecule has 4 aromatic rings. The first kappa shape index (κ1) is 34.7. The highest BCUT2D eigenvalue weighted by Gasteiger charge is 2.29. The first-order valence-corrected chi connectivity index (χ1v) is 17.5. The molecule has 1 aliphatic carbocycles. The van der Waals surface area contributed by atoms with Gasteiger partial charge in [-0.25, -0.2) is 17.8 Å². The topological polar surface area (TPSA) is 194 Å². The number of likely N-dealkylation sites (N-methyl/N-ethyl adjacent to an activating group) is 1. The van der Waals surface area contributed by atoms with Gasteiger partial charge < -0.3 is 16.0 Å². The highest BCUT2D eigenvalue weighted by molar-refractivity contribution is 7.89. The van der Waals surface area contributed by atoms with E-state index in [0.29, 0.717) is 58.9 Å². The van der Waals surface area contributed by atoms with Gasteiger partial charge in [-0.2, -0.15) is 13.5 Å². The minimum absolute atomic E-state index is 0.112. The summed E-state index contributed by atoms with van der Waals surface area (Å²) in [4.78, 5) is 27.3. The molecular weight excluding hydrogens is 656 g/mol. The molecule has 244 valence electrons. The molecule has 1 aromatic heterocycles. The summed E-state index contributed by atoms with van der Waals surface area (Å²) in [6.45, 7) is 0.838. The molecule has 0 saturated heterocycles. The number of carbonyl (C=O) groups excluding carboxylic acids is 2. The van der Waals surface area contributed by atoms with Crippen molar-refractivity contribution in [3.05, 3.63) is 94.1 Å². The number of hydrogen-bond donors (Lipinski definition) is 4. The lowest BCUT2D eigenvalue weighted by molar-refractivity contribution is 0.0992. The molecule has 16 heteroatoms. The Morgan fingerprint density at radius 2 is 1.67 bits per heavy atom. The number of anilines is 1. The average Bonchev–Trinajstić information content (AvgIpc) is 3.37. The Balaban J connectivity index is 0.000000892. The molecule has 13 nitrogen and oxygen atoms in total. The van der Waals surface area contributed by atoms with Crippen molar-refractivity contribution >= 4 is 49.2 Å². The van der Waals surface area contributed by atoms with Crippen LogP contribution in [0.3, 0.4) is 0 Å². The maximum Gasteiger partial charge on any atom is 0.269 e. The van der Waals surface area contributed by atoms with Crippen LogP contribution in [0.5, 0.6) is 0 Å². The number of nitrogens with two attached hydrogens (primary N) is 1. The number of nitrogens with one attached hydrogen (secondary N) is 2. The molecule has 0 aliphatic heterocycles. The SMILES string of the molecule is CN(C)CCNS(=O)(=O)c1ccc(-n2nc(C(N)=O)c3c2-c2cc(NC(=O)c4ccccc4Cl)ccc2CC3)cc1.CS(=O)(=O)O. The molecule has 0 saturated carbocycles. The van der Waals surface area contributed by atoms with Gasteiger partial charge in [-0.05, 0) is 81.0 Å². The second-order valence-corrected chi connectivity index (χ2v) is 14.3. The largest absolute Gasteiger partial charge is 0.364 e. The number of aromatic nitrogens is 2. The highest BCUT2D eigenvalue weighted by Crippen LogP contribution is 2.38. The molecule has 46 heavy (non-hydrogen) atoms. The number of fused-ring (bicyclic) bond motifs is 3. The number of rotatable bonds is 9. The zero-order valence-electron chi connectivity index (χ0n) is 25.2. The third kappa shape index (κ3) is 8.57. The van der Waals surface area contributed by atoms with E-state index >= 15 is 0 Å². The van der Waals surface area contributed by atoms with E-state index < -0.39 is 26.0 Å². The van der Waals surface area contributed by atoms with Gasteiger partial charge in [0.25, 0.3) is 21.9 Å². The van der Waals surface area contributed by atoms with Crippen molar-refractivity contribution in [3.8, 4) is 16.9 Å². The van der Waals surface area contributed by atoms with Crippen molar-refractivity contribution in [2.75, 3.05) is 38.8 Å². The van der Waals surface area contributed by atoms with E-state index in [9.17, 15) is 26.4 Å². The normalized spacial score (nSPS) is 12.5. The number of benzene rings is 3. The van der Waals surface area contributed by atoms with Crippen LogP contribution in [0.25, 0.3) is 16.9 Å². The van der Waals surface area contributed by atoms with Crippen molar-refractivity contribution in [2.24, 2.45) is 5.73 Å². The van der Waals surface area contributed by atoms with Crippen LogP contribution in [0.1, 0.15) is 32.0 Å². The Kier molecular flexibility index (Phi) is 10.7. The van der Waals surface area contributed by atoms with Gasteiger partial charge in [-0.3, -0.25) is 14.1 Å². The third-order valence-corrected chi connectivity index (χ3v) is 8.65. The van der Waals surface area contributed by atoms with Crippen LogP contribution in [0.4, 0.5) is 5.69 Å². The van der Waals surface area contributed by atoms with Crippen molar-refractivity contribution < 1.29 is 31.0 Å². The summed E-state index contributed by atoms with van der Waals surface area (Å²) in [7, 11) is -3.64. The standard InChI is InChI=1S/C29H29ClN6O4S.CH4O3S/c1-35(2)16-15-32-41(39,40)21-12-10-20(11-13-21)36-27-23(26(34-36)28(31)37)14-8-18-7-9-19(17-24(18)27)33-29(38)22-5-3-4-6-25(22)30;1-5(2,3)4/h3-7,9-13,17,32H,8,14-16H2,1-2H3,(H2,31,37)(H,33,38);1H3,(H,2,3,4). The molecule has 0 fully saturated rings. The second kappa shape index (κ2) is 14.1. The van der Waals surface area contributed by atoms with Gasteiger partial charge in [-0.1, -0.05) is 29.8 Å². The molecule has 2 amide bonds. The number of sulfonamides is 1. The quantitative estimate of drug-likeness (QED) is 0.191. The summed E-state index contributed by atoms with van der Waals surface area (Å²) >= 11 is 6.21. The van der Waals surface area contributed by atoms with Crippen LogP contribution in [-0.4, -0.2) is 81.3 Å². The maximum absolute atomic E-state index is 12.9. The van der Waals surface area contributed by atoms with E-state index in [2.05, 4.69) is 15.1 Å². The van der Waals surface area contributed by atoms with Crippen LogP contribution in [0.2, 0.25) is 5.02 Å². The van der Waals surface area contributed by atoms with E-state index in [1.54, 1.807) is 41.1 Å². The molecule has 0 unspecified atom stereocenters. The maximum atomic E-state index is 12.9. The molecule has 5 N–H and O–H groups in total. The van der Waals surface area contributed by atoms with E-state index in [4.69, 9.17) is 21.9 Å². The average molecular weight is 689 g/mol. The highest BCUT2D eigenvalue weighted by atomic mass is 35.5. The van der Waals surface area contributed by atoms with E-state index in [-0.39, 0.29) is 23.0 Å². The summed E-state index contributed by atoms with van der Waals surface area (Å²) in [5.41, 5.74) is 10.4. The number of nitrogens with zero attached hydrogens (tertiary/aromatic N) is 3. The number of aryl methyl sites for hydroxylation is 1. The van der Waals surface area contributed by atoms with Gasteiger partial charge in [0.1, 0.15) is 0 Å². The first-order valence-electron chi connectivity index (χ1n) is 13.8. The molecule has 1 heterocycles. The van der Waals surface area contributed by atoms with Crippen molar-refractivity contribution in [2.45, 2.75) is 17.7 Å². The molecule has 5 rings (SSSR count). The number of halogens is 1. The van der Waals surface area contributed by atoms with Gasteiger partial charge >= 0.3 is 0 Å². The lowest BCUT2D eigenvalue weighted by atomic mass is 9.88. The van der Waals surface area contributed by atoms with Crippen LogP contribution >= 0.6 is 11.6 Å². The fraction of sp³-hybridized carbons (Fsp3) is 0.233. The van der Waals surface area contributed by atoms with E-state index in [0.717, 1.165) is 11.1 Å². The van der Waals surface area contributed by atoms with Gasteiger partial charge in [-0.15, -0.1) is 0 Å². The summed E-state index contributed by atoms with van der Waals surface area (Å²) < 4.78 is 55.5. The summed E-state index contributed by atoms with van der Waals surface area (Å²) in [5, 5.41) is 7.77. The Hall–Kier alpha value is -4.12. The van der Waals surface area contributed by atoms with Gasteiger partial charge in [0.2, 0.25) is 10.0 Å². The van der Waals surface area contributed by atoms with Crippen LogP contribution in [-0.2, 0) is 33.0 Å². The minimum Gasteiger partial charge on any atom is -0.364 e. The minimum atomic E-state index is -3.70. The number of primary amides is 1. The second-order valence-electron chi connectivity index (χ2n) is 10.7. The number of carbonyl (C=O) groups is 2. The fourth-order valence-corrected chi connectivity index (χ4v) is 6.04. The van der Waals surface area contributed by atoms with E-state index in [1.807, 2.05) is 37.2 Å². The Labute approximate surface area is 272 Å². The van der Waals surface area contributed by atoms with Gasteiger partial charge in [0.05, 0.1) is 33.1 Å². The van der Waals surface area contributed by atoms with Crippen molar-refractivity contribution in [1.82, 2.24) is 19.4 Å².